The average molecular weight is 353 g/mol. The Kier molecular flexibility index (Phi) is 5.00. The first-order valence-corrected chi connectivity index (χ1v) is 8.29. The van der Waals surface area contributed by atoms with Gasteiger partial charge in [-0.05, 0) is 36.4 Å². The molecule has 0 fully saturated rings. The number of aromatic nitrogens is 2. The number of benzene rings is 1. The van der Waals surface area contributed by atoms with Gasteiger partial charge in [-0.2, -0.15) is 0 Å². The molecule has 0 unspecified atom stereocenters. The van der Waals surface area contributed by atoms with Crippen LogP contribution in [0.4, 0.5) is 11.4 Å². The zero-order valence-electron chi connectivity index (χ0n) is 13.1. The number of nitrogens with zero attached hydrogens (tertiary/aromatic N) is 2. The molecule has 0 saturated carbocycles. The Morgan fingerprint density at radius 3 is 2.36 bits per heavy atom. The third kappa shape index (κ3) is 4.39. The molecule has 8 heteroatoms. The number of nitrogens with one attached hydrogen (secondary N) is 2. The van der Waals surface area contributed by atoms with Crippen LogP contribution < -0.4 is 16.4 Å². The molecule has 3 rings (SSSR count). The first-order chi connectivity index (χ1) is 12.1. The highest BCUT2D eigenvalue weighted by molar-refractivity contribution is 7.09. The highest BCUT2D eigenvalue weighted by Gasteiger charge is 2.09. The van der Waals surface area contributed by atoms with Gasteiger partial charge in [0.1, 0.15) is 10.7 Å². The molecule has 2 aromatic heterocycles. The molecule has 2 heterocycles. The van der Waals surface area contributed by atoms with Crippen molar-refractivity contribution in [2.24, 2.45) is 5.73 Å². The summed E-state index contributed by atoms with van der Waals surface area (Å²) in [5, 5.41) is 8.18. The predicted molar refractivity (Wildman–Crippen MR) is 95.8 cm³/mol. The van der Waals surface area contributed by atoms with E-state index in [-0.39, 0.29) is 18.1 Å². The predicted octanol–water partition coefficient (Wildman–Crippen LogP) is 2.31. The largest absolute Gasteiger partial charge is 0.364 e. The van der Waals surface area contributed by atoms with Gasteiger partial charge < -0.3 is 16.4 Å². The van der Waals surface area contributed by atoms with Crippen molar-refractivity contribution in [2.45, 2.75) is 6.54 Å². The molecule has 126 valence electrons. The second-order valence-corrected chi connectivity index (χ2v) is 6.05. The molecule has 0 saturated heterocycles. The Labute approximate surface area is 147 Å². The average Bonchev–Trinajstić information content (AvgIpc) is 3.11. The standard InChI is InChI=1S/C17H15N5O2S/c18-16(23)14-10-25-15(22-14)9-20-17(24)11-1-3-12(4-2-11)21-13-5-7-19-8-6-13/h1-8,10H,9H2,(H2,18,23)(H,19,21)(H,20,24). The molecular formula is C17H15N5O2S. The van der Waals surface area contributed by atoms with Crippen LogP contribution >= 0.6 is 11.3 Å². The summed E-state index contributed by atoms with van der Waals surface area (Å²) in [6.07, 6.45) is 3.40. The minimum absolute atomic E-state index is 0.209. The quantitative estimate of drug-likeness (QED) is 0.630. The summed E-state index contributed by atoms with van der Waals surface area (Å²) in [5.41, 5.74) is 7.68. The van der Waals surface area contributed by atoms with Crippen molar-refractivity contribution in [3.05, 3.63) is 70.4 Å². The Hall–Kier alpha value is -3.26. The normalized spacial score (nSPS) is 10.2. The maximum atomic E-state index is 12.2. The van der Waals surface area contributed by atoms with Gasteiger partial charge in [0.05, 0.1) is 6.54 Å². The maximum Gasteiger partial charge on any atom is 0.268 e. The lowest BCUT2D eigenvalue weighted by Gasteiger charge is -2.07. The van der Waals surface area contributed by atoms with Gasteiger partial charge >= 0.3 is 0 Å². The van der Waals surface area contributed by atoms with E-state index in [1.807, 2.05) is 24.3 Å². The van der Waals surface area contributed by atoms with Crippen molar-refractivity contribution in [1.29, 1.82) is 0 Å². The van der Waals surface area contributed by atoms with Crippen LogP contribution in [-0.2, 0) is 6.54 Å². The third-order valence-corrected chi connectivity index (χ3v) is 4.17. The lowest BCUT2D eigenvalue weighted by molar-refractivity contribution is 0.0950. The summed E-state index contributed by atoms with van der Waals surface area (Å²) in [7, 11) is 0. The van der Waals surface area contributed by atoms with E-state index in [0.29, 0.717) is 10.6 Å². The zero-order valence-corrected chi connectivity index (χ0v) is 13.9. The molecule has 0 aliphatic rings. The summed E-state index contributed by atoms with van der Waals surface area (Å²) in [5.74, 6) is -0.794. The summed E-state index contributed by atoms with van der Waals surface area (Å²) >= 11 is 1.28. The van der Waals surface area contributed by atoms with Crippen LogP contribution in [-0.4, -0.2) is 21.8 Å². The first-order valence-electron chi connectivity index (χ1n) is 7.41. The van der Waals surface area contributed by atoms with E-state index in [2.05, 4.69) is 20.6 Å². The summed E-state index contributed by atoms with van der Waals surface area (Å²) < 4.78 is 0. The van der Waals surface area contributed by atoms with E-state index in [4.69, 9.17) is 5.73 Å². The molecule has 0 aliphatic heterocycles. The fraction of sp³-hybridized carbons (Fsp3) is 0.0588. The van der Waals surface area contributed by atoms with Gasteiger partial charge in [0, 0.05) is 34.7 Å². The summed E-state index contributed by atoms with van der Waals surface area (Å²) in [6, 6.07) is 10.8. The van der Waals surface area contributed by atoms with Crippen molar-refractivity contribution in [3.63, 3.8) is 0 Å². The van der Waals surface area contributed by atoms with Gasteiger partial charge in [-0.1, -0.05) is 0 Å². The maximum absolute atomic E-state index is 12.2. The van der Waals surface area contributed by atoms with Crippen LogP contribution in [0.2, 0.25) is 0 Å². The second kappa shape index (κ2) is 7.54. The number of amides is 2. The molecule has 7 nitrogen and oxygen atoms in total. The molecule has 2 amide bonds. The SMILES string of the molecule is NC(=O)c1csc(CNC(=O)c2ccc(Nc3ccncc3)cc2)n1. The molecule has 25 heavy (non-hydrogen) atoms. The minimum atomic E-state index is -0.578. The number of hydrogen-bond donors (Lipinski definition) is 3. The van der Waals surface area contributed by atoms with Gasteiger partial charge in [0.2, 0.25) is 0 Å². The van der Waals surface area contributed by atoms with E-state index in [1.165, 1.54) is 11.3 Å². The van der Waals surface area contributed by atoms with Gasteiger partial charge in [0.15, 0.2) is 0 Å². The Balaban J connectivity index is 1.57. The zero-order chi connectivity index (χ0) is 17.6. The molecule has 0 radical (unpaired) electrons. The van der Waals surface area contributed by atoms with E-state index < -0.39 is 5.91 Å². The van der Waals surface area contributed by atoms with Crippen LogP contribution in [0.15, 0.2) is 54.2 Å². The van der Waals surface area contributed by atoms with Gasteiger partial charge in [-0.15, -0.1) is 11.3 Å². The third-order valence-electron chi connectivity index (χ3n) is 3.32. The van der Waals surface area contributed by atoms with Crippen molar-refractivity contribution < 1.29 is 9.59 Å². The van der Waals surface area contributed by atoms with Crippen LogP contribution in [0.1, 0.15) is 25.9 Å². The summed E-state index contributed by atoms with van der Waals surface area (Å²) in [6.45, 7) is 0.244. The van der Waals surface area contributed by atoms with Crippen LogP contribution in [0.5, 0.6) is 0 Å². The smallest absolute Gasteiger partial charge is 0.268 e. The molecule has 0 atom stereocenters. The number of primary amides is 1. The molecule has 0 aliphatic carbocycles. The molecule has 0 spiro atoms. The Morgan fingerprint density at radius 2 is 1.72 bits per heavy atom. The number of carbonyl (C=O) groups excluding carboxylic acids is 2. The number of carbonyl (C=O) groups is 2. The van der Waals surface area contributed by atoms with Gasteiger partial charge in [0.25, 0.3) is 11.8 Å². The van der Waals surface area contributed by atoms with E-state index in [9.17, 15) is 9.59 Å². The van der Waals surface area contributed by atoms with Crippen molar-refractivity contribution in [1.82, 2.24) is 15.3 Å². The van der Waals surface area contributed by atoms with Gasteiger partial charge in [-0.3, -0.25) is 14.6 Å². The van der Waals surface area contributed by atoms with Crippen molar-refractivity contribution in [3.8, 4) is 0 Å². The number of thiazole rings is 1. The van der Waals surface area contributed by atoms with Crippen LogP contribution in [0.25, 0.3) is 0 Å². The number of pyridine rings is 1. The monoisotopic (exact) mass is 353 g/mol. The molecule has 4 N–H and O–H groups in total. The molecule has 0 bridgehead atoms. The van der Waals surface area contributed by atoms with Crippen molar-refractivity contribution in [2.75, 3.05) is 5.32 Å². The minimum Gasteiger partial charge on any atom is -0.364 e. The fourth-order valence-corrected chi connectivity index (χ4v) is 2.79. The van der Waals surface area contributed by atoms with Crippen LogP contribution in [0, 0.1) is 0 Å². The van der Waals surface area contributed by atoms with E-state index in [1.54, 1.807) is 29.9 Å². The molecule has 3 aromatic rings. The lowest BCUT2D eigenvalue weighted by atomic mass is 10.2. The number of nitrogens with two attached hydrogens (primary N) is 1. The van der Waals surface area contributed by atoms with Crippen molar-refractivity contribution >= 4 is 34.5 Å². The number of rotatable bonds is 6. The molecular weight excluding hydrogens is 338 g/mol. The number of anilines is 2. The highest BCUT2D eigenvalue weighted by atomic mass is 32.1. The van der Waals surface area contributed by atoms with E-state index in [0.717, 1.165) is 11.4 Å². The Morgan fingerprint density at radius 1 is 1.04 bits per heavy atom. The first kappa shape index (κ1) is 16.6. The van der Waals surface area contributed by atoms with E-state index >= 15 is 0 Å². The molecule has 1 aromatic carbocycles. The Bertz CT molecular complexity index is 878. The van der Waals surface area contributed by atoms with Gasteiger partial charge in [-0.25, -0.2) is 4.98 Å². The highest BCUT2D eigenvalue weighted by Crippen LogP contribution is 2.16. The summed E-state index contributed by atoms with van der Waals surface area (Å²) in [4.78, 5) is 31.2. The number of hydrogen-bond acceptors (Lipinski definition) is 6. The van der Waals surface area contributed by atoms with Crippen LogP contribution in [0.3, 0.4) is 0 Å². The fourth-order valence-electron chi connectivity index (χ4n) is 2.07. The second-order valence-electron chi connectivity index (χ2n) is 5.11. The topological polar surface area (TPSA) is 110 Å². The lowest BCUT2D eigenvalue weighted by Crippen LogP contribution is -2.22.